The zero-order valence-corrected chi connectivity index (χ0v) is 10.4. The zero-order valence-electron chi connectivity index (χ0n) is 9.59. The van der Waals surface area contributed by atoms with Crippen LogP contribution in [0.15, 0.2) is 0 Å². The van der Waals surface area contributed by atoms with Crippen LogP contribution < -0.4 is 5.73 Å². The maximum absolute atomic E-state index is 11.3. The van der Waals surface area contributed by atoms with Gasteiger partial charge in [0.25, 0.3) is 0 Å². The predicted octanol–water partition coefficient (Wildman–Crippen LogP) is 0.709. The number of nitrogens with two attached hydrogens (primary N) is 1. The van der Waals surface area contributed by atoms with Crippen molar-refractivity contribution in [2.45, 2.75) is 13.8 Å². The third-order valence-corrected chi connectivity index (χ3v) is 3.33. The molecule has 7 nitrogen and oxygen atoms in total. The van der Waals surface area contributed by atoms with Crippen LogP contribution in [0.4, 0.5) is 5.82 Å². The topological polar surface area (TPSA) is 95.9 Å². The number of ether oxygens (including phenoxy) is 1. The lowest BCUT2D eigenvalue weighted by Crippen LogP contribution is -2.07. The van der Waals surface area contributed by atoms with Crippen LogP contribution in [0, 0.1) is 13.8 Å². The first-order chi connectivity index (χ1) is 8.04. The van der Waals surface area contributed by atoms with Crippen molar-refractivity contribution >= 4 is 23.1 Å². The Labute approximate surface area is 101 Å². The van der Waals surface area contributed by atoms with E-state index in [1.807, 2.05) is 13.8 Å². The van der Waals surface area contributed by atoms with Crippen LogP contribution in [0.5, 0.6) is 0 Å². The molecule has 0 aliphatic heterocycles. The van der Waals surface area contributed by atoms with Crippen LogP contribution in [0.1, 0.15) is 21.1 Å². The van der Waals surface area contributed by atoms with Crippen LogP contribution in [-0.4, -0.2) is 33.1 Å². The molecule has 0 amide bonds. The second-order valence-corrected chi connectivity index (χ2v) is 4.55. The number of aromatic nitrogens is 4. The molecule has 2 rings (SSSR count). The molecule has 0 aromatic carbocycles. The number of hydrogen-bond acceptors (Lipinski definition) is 7. The lowest BCUT2D eigenvalue weighted by atomic mass is 10.4. The fraction of sp³-hybridized carbons (Fsp3) is 0.333. The molecule has 0 bridgehead atoms. The van der Waals surface area contributed by atoms with E-state index >= 15 is 0 Å². The Morgan fingerprint density at radius 3 is 2.71 bits per heavy atom. The summed E-state index contributed by atoms with van der Waals surface area (Å²) in [5.41, 5.74) is 6.68. The standard InChI is InChI=1S/C9H11N5O2S/c1-4-5(2)17-9(11-4)14-7(10)6(12-13-14)8(15)16-3/h10H2,1-3H3. The summed E-state index contributed by atoms with van der Waals surface area (Å²) in [6.07, 6.45) is 0. The molecule has 2 aromatic rings. The first-order valence-electron chi connectivity index (χ1n) is 4.78. The first kappa shape index (κ1) is 11.5. The molecule has 90 valence electrons. The molecular weight excluding hydrogens is 242 g/mol. The van der Waals surface area contributed by atoms with Gasteiger partial charge < -0.3 is 10.5 Å². The van der Waals surface area contributed by atoms with Crippen LogP contribution in [-0.2, 0) is 4.74 Å². The molecule has 2 heterocycles. The second kappa shape index (κ2) is 4.13. The van der Waals surface area contributed by atoms with Gasteiger partial charge in [0.1, 0.15) is 0 Å². The summed E-state index contributed by atoms with van der Waals surface area (Å²) >= 11 is 1.43. The molecule has 0 aliphatic rings. The maximum Gasteiger partial charge on any atom is 0.362 e. The van der Waals surface area contributed by atoms with Crippen molar-refractivity contribution in [3.8, 4) is 5.13 Å². The second-order valence-electron chi connectivity index (χ2n) is 3.36. The Hall–Kier alpha value is -1.96. The number of hydrogen-bond donors (Lipinski definition) is 1. The van der Waals surface area contributed by atoms with Crippen molar-refractivity contribution in [2.24, 2.45) is 0 Å². The van der Waals surface area contributed by atoms with Crippen molar-refractivity contribution < 1.29 is 9.53 Å². The molecule has 0 aliphatic carbocycles. The number of rotatable bonds is 2. The Morgan fingerprint density at radius 2 is 2.18 bits per heavy atom. The molecule has 8 heteroatoms. The minimum atomic E-state index is -0.612. The highest BCUT2D eigenvalue weighted by Crippen LogP contribution is 2.22. The van der Waals surface area contributed by atoms with Crippen molar-refractivity contribution in [3.05, 3.63) is 16.3 Å². The molecule has 0 fully saturated rings. The van der Waals surface area contributed by atoms with Gasteiger partial charge in [-0.25, -0.2) is 9.78 Å². The van der Waals surface area contributed by atoms with Gasteiger partial charge >= 0.3 is 5.97 Å². The molecule has 2 aromatic heterocycles. The van der Waals surface area contributed by atoms with Gasteiger partial charge in [0.15, 0.2) is 5.82 Å². The number of esters is 1. The van der Waals surface area contributed by atoms with E-state index in [2.05, 4.69) is 20.0 Å². The molecule has 2 N–H and O–H groups in total. The number of thiazole rings is 1. The highest BCUT2D eigenvalue weighted by atomic mass is 32.1. The maximum atomic E-state index is 11.3. The van der Waals surface area contributed by atoms with Gasteiger partial charge in [-0.2, -0.15) is 4.68 Å². The number of carbonyl (C=O) groups excluding carboxylic acids is 1. The molecular formula is C9H11N5O2S. The van der Waals surface area contributed by atoms with Gasteiger partial charge in [0.2, 0.25) is 10.8 Å². The van der Waals surface area contributed by atoms with Crippen molar-refractivity contribution in [1.29, 1.82) is 0 Å². The summed E-state index contributed by atoms with van der Waals surface area (Å²) in [6.45, 7) is 3.84. The molecule has 17 heavy (non-hydrogen) atoms. The minimum Gasteiger partial charge on any atom is -0.464 e. The van der Waals surface area contributed by atoms with Crippen LogP contribution >= 0.6 is 11.3 Å². The lowest BCUT2D eigenvalue weighted by molar-refractivity contribution is 0.0595. The van der Waals surface area contributed by atoms with E-state index in [-0.39, 0.29) is 11.5 Å². The number of aryl methyl sites for hydroxylation is 2. The summed E-state index contributed by atoms with van der Waals surface area (Å²) in [5, 5.41) is 8.06. The number of methoxy groups -OCH3 is 1. The van der Waals surface area contributed by atoms with E-state index in [4.69, 9.17) is 5.73 Å². The summed E-state index contributed by atoms with van der Waals surface area (Å²) in [7, 11) is 1.26. The summed E-state index contributed by atoms with van der Waals surface area (Å²) < 4.78 is 5.87. The largest absolute Gasteiger partial charge is 0.464 e. The van der Waals surface area contributed by atoms with E-state index < -0.39 is 5.97 Å². The van der Waals surface area contributed by atoms with E-state index in [0.29, 0.717) is 5.13 Å². The quantitative estimate of drug-likeness (QED) is 0.792. The fourth-order valence-corrected chi connectivity index (χ4v) is 2.09. The Morgan fingerprint density at radius 1 is 1.47 bits per heavy atom. The third kappa shape index (κ3) is 1.86. The Kier molecular flexibility index (Phi) is 2.80. The summed E-state index contributed by atoms with van der Waals surface area (Å²) in [6, 6.07) is 0. The normalized spacial score (nSPS) is 10.5. The van der Waals surface area contributed by atoms with Crippen molar-refractivity contribution in [2.75, 3.05) is 12.8 Å². The van der Waals surface area contributed by atoms with Crippen LogP contribution in [0.3, 0.4) is 0 Å². The van der Waals surface area contributed by atoms with Gasteiger partial charge in [-0.3, -0.25) is 0 Å². The zero-order chi connectivity index (χ0) is 12.6. The SMILES string of the molecule is COC(=O)c1nnn(-c2nc(C)c(C)s2)c1N. The van der Waals surface area contributed by atoms with E-state index in [1.165, 1.54) is 23.1 Å². The first-order valence-corrected chi connectivity index (χ1v) is 5.60. The Balaban J connectivity index is 2.47. The lowest BCUT2D eigenvalue weighted by Gasteiger charge is -1.97. The van der Waals surface area contributed by atoms with Crippen molar-refractivity contribution in [3.63, 3.8) is 0 Å². The average Bonchev–Trinajstić information content (AvgIpc) is 2.82. The van der Waals surface area contributed by atoms with E-state index in [1.54, 1.807) is 0 Å². The van der Waals surface area contributed by atoms with Gasteiger partial charge in [-0.1, -0.05) is 16.6 Å². The number of carbonyl (C=O) groups is 1. The minimum absolute atomic E-state index is 0.00185. The van der Waals surface area contributed by atoms with Gasteiger partial charge in [0.05, 0.1) is 12.8 Å². The monoisotopic (exact) mass is 253 g/mol. The fourth-order valence-electron chi connectivity index (χ4n) is 1.22. The van der Waals surface area contributed by atoms with Gasteiger partial charge in [-0.05, 0) is 13.8 Å². The van der Waals surface area contributed by atoms with Crippen LogP contribution in [0.2, 0.25) is 0 Å². The molecule has 0 atom stereocenters. The number of anilines is 1. The highest BCUT2D eigenvalue weighted by Gasteiger charge is 2.20. The average molecular weight is 253 g/mol. The molecule has 0 spiro atoms. The van der Waals surface area contributed by atoms with Gasteiger partial charge in [0, 0.05) is 4.88 Å². The highest BCUT2D eigenvalue weighted by molar-refractivity contribution is 7.14. The third-order valence-electron chi connectivity index (χ3n) is 2.28. The van der Waals surface area contributed by atoms with Crippen molar-refractivity contribution in [1.82, 2.24) is 20.0 Å². The molecule has 0 unspecified atom stereocenters. The summed E-state index contributed by atoms with van der Waals surface area (Å²) in [5.74, 6) is -0.482. The Bertz CT molecular complexity index is 554. The van der Waals surface area contributed by atoms with E-state index in [9.17, 15) is 4.79 Å². The number of nitrogen functional groups attached to an aromatic ring is 1. The van der Waals surface area contributed by atoms with E-state index in [0.717, 1.165) is 10.6 Å². The smallest absolute Gasteiger partial charge is 0.362 e. The predicted molar refractivity (Wildman–Crippen MR) is 62.3 cm³/mol. The molecule has 0 saturated carbocycles. The molecule has 0 saturated heterocycles. The van der Waals surface area contributed by atoms with Gasteiger partial charge in [-0.15, -0.1) is 5.10 Å². The summed E-state index contributed by atoms with van der Waals surface area (Å²) in [4.78, 5) is 16.7. The number of nitrogens with zero attached hydrogens (tertiary/aromatic N) is 4. The molecule has 0 radical (unpaired) electrons. The van der Waals surface area contributed by atoms with Crippen LogP contribution in [0.25, 0.3) is 5.13 Å².